The summed E-state index contributed by atoms with van der Waals surface area (Å²) in [5.41, 5.74) is 3.92. The number of nitriles is 1. The third-order valence-electron chi connectivity index (χ3n) is 3.46. The van der Waals surface area contributed by atoms with Gasteiger partial charge in [0.25, 0.3) is 5.91 Å². The van der Waals surface area contributed by atoms with Crippen molar-refractivity contribution in [2.24, 2.45) is 0 Å². The smallest absolute Gasteiger partial charge is 0.257 e. The highest BCUT2D eigenvalue weighted by molar-refractivity contribution is 6.12. The molecule has 0 atom stereocenters. The molecule has 1 aliphatic heterocycles. The van der Waals surface area contributed by atoms with E-state index in [-0.39, 0.29) is 18.2 Å². The second-order valence-corrected chi connectivity index (χ2v) is 5.00. The highest BCUT2D eigenvalue weighted by atomic mass is 16.2. The summed E-state index contributed by atoms with van der Waals surface area (Å²) >= 11 is 0. The number of carbonyl (C=O) groups excluding carboxylic acids is 2. The van der Waals surface area contributed by atoms with Crippen LogP contribution in [0.25, 0.3) is 6.08 Å². The summed E-state index contributed by atoms with van der Waals surface area (Å²) in [6.07, 6.45) is 6.57. The molecule has 1 aromatic carbocycles. The SMILES string of the molecule is N#Cc1cccc(C=C2C=C3CC(=O)NC(=O)C3=CC2)c1. The molecule has 1 heterocycles. The minimum atomic E-state index is -0.317. The Hall–Kier alpha value is -2.93. The lowest BCUT2D eigenvalue weighted by Crippen LogP contribution is -2.37. The number of nitrogens with zero attached hydrogens (tertiary/aromatic N) is 1. The first kappa shape index (κ1) is 13.1. The van der Waals surface area contributed by atoms with E-state index < -0.39 is 0 Å². The lowest BCUT2D eigenvalue weighted by Gasteiger charge is -2.21. The van der Waals surface area contributed by atoms with Gasteiger partial charge in [0.2, 0.25) is 5.91 Å². The zero-order valence-corrected chi connectivity index (χ0v) is 11.2. The number of benzene rings is 1. The minimum Gasteiger partial charge on any atom is -0.292 e. The van der Waals surface area contributed by atoms with Crippen molar-refractivity contribution >= 4 is 17.9 Å². The van der Waals surface area contributed by atoms with Crippen molar-refractivity contribution in [3.63, 3.8) is 0 Å². The highest BCUT2D eigenvalue weighted by Crippen LogP contribution is 2.28. The summed E-state index contributed by atoms with van der Waals surface area (Å²) in [5, 5.41) is 11.2. The molecule has 1 N–H and O–H groups in total. The van der Waals surface area contributed by atoms with Crippen LogP contribution in [-0.4, -0.2) is 11.8 Å². The Morgan fingerprint density at radius 2 is 2.14 bits per heavy atom. The van der Waals surface area contributed by atoms with Gasteiger partial charge in [0.15, 0.2) is 0 Å². The van der Waals surface area contributed by atoms with Crippen molar-refractivity contribution in [1.29, 1.82) is 5.26 Å². The zero-order chi connectivity index (χ0) is 14.8. The first-order valence-corrected chi connectivity index (χ1v) is 6.62. The second-order valence-electron chi connectivity index (χ2n) is 5.00. The third kappa shape index (κ3) is 2.67. The summed E-state index contributed by atoms with van der Waals surface area (Å²) in [4.78, 5) is 23.1. The van der Waals surface area contributed by atoms with Crippen LogP contribution in [0.2, 0.25) is 0 Å². The van der Waals surface area contributed by atoms with Crippen LogP contribution >= 0.6 is 0 Å². The van der Waals surface area contributed by atoms with Crippen molar-refractivity contribution in [1.82, 2.24) is 5.32 Å². The summed E-state index contributed by atoms with van der Waals surface area (Å²) < 4.78 is 0. The van der Waals surface area contributed by atoms with Crippen LogP contribution < -0.4 is 5.32 Å². The Morgan fingerprint density at radius 3 is 2.95 bits per heavy atom. The topological polar surface area (TPSA) is 70.0 Å². The molecule has 102 valence electrons. The van der Waals surface area contributed by atoms with E-state index in [1.807, 2.05) is 36.4 Å². The number of nitrogens with one attached hydrogen (secondary N) is 1. The number of carbonyl (C=O) groups is 2. The van der Waals surface area contributed by atoms with Crippen molar-refractivity contribution in [2.75, 3.05) is 0 Å². The lowest BCUT2D eigenvalue weighted by molar-refractivity contribution is -0.129. The van der Waals surface area contributed by atoms with Crippen molar-refractivity contribution < 1.29 is 9.59 Å². The maximum atomic E-state index is 11.7. The molecule has 4 heteroatoms. The van der Waals surface area contributed by atoms with Gasteiger partial charge in [-0.05, 0) is 35.3 Å². The Morgan fingerprint density at radius 1 is 1.29 bits per heavy atom. The summed E-state index contributed by atoms with van der Waals surface area (Å²) in [6, 6.07) is 9.42. The fourth-order valence-electron chi connectivity index (χ4n) is 2.52. The van der Waals surface area contributed by atoms with Crippen LogP contribution in [0, 0.1) is 11.3 Å². The van der Waals surface area contributed by atoms with E-state index in [1.54, 1.807) is 6.07 Å². The Bertz CT molecular complexity index is 776. The standard InChI is InChI=1S/C17H12N2O2/c18-10-13-3-1-2-11(7-13)6-12-4-5-15-14(8-12)9-16(20)19-17(15)21/h1-3,5-8H,4,9H2,(H,19,20,21). The van der Waals surface area contributed by atoms with E-state index in [0.29, 0.717) is 17.6 Å². The zero-order valence-electron chi connectivity index (χ0n) is 11.2. The quantitative estimate of drug-likeness (QED) is 0.800. The van der Waals surface area contributed by atoms with Gasteiger partial charge >= 0.3 is 0 Å². The number of allylic oxidation sites excluding steroid dienone is 3. The number of amides is 2. The first-order valence-electron chi connectivity index (χ1n) is 6.62. The van der Waals surface area contributed by atoms with Crippen LogP contribution in [0.5, 0.6) is 0 Å². The molecule has 0 radical (unpaired) electrons. The van der Waals surface area contributed by atoms with Gasteiger partial charge in [0.05, 0.1) is 18.1 Å². The lowest BCUT2D eigenvalue weighted by atomic mass is 9.88. The Kier molecular flexibility index (Phi) is 3.25. The van der Waals surface area contributed by atoms with Gasteiger partial charge in [0.1, 0.15) is 0 Å². The molecule has 0 unspecified atom stereocenters. The molecule has 2 aliphatic rings. The molecule has 0 bridgehead atoms. The van der Waals surface area contributed by atoms with Gasteiger partial charge in [-0.1, -0.05) is 30.4 Å². The molecule has 21 heavy (non-hydrogen) atoms. The van der Waals surface area contributed by atoms with E-state index in [9.17, 15) is 9.59 Å². The Labute approximate surface area is 122 Å². The molecule has 1 aromatic rings. The molecule has 0 spiro atoms. The average molecular weight is 276 g/mol. The van der Waals surface area contributed by atoms with Gasteiger partial charge < -0.3 is 0 Å². The van der Waals surface area contributed by atoms with Gasteiger partial charge in [-0.15, -0.1) is 0 Å². The largest absolute Gasteiger partial charge is 0.292 e. The molecule has 1 aliphatic carbocycles. The number of imide groups is 1. The summed E-state index contributed by atoms with van der Waals surface area (Å²) in [6.45, 7) is 0. The number of hydrogen-bond acceptors (Lipinski definition) is 3. The minimum absolute atomic E-state index is 0.229. The van der Waals surface area contributed by atoms with Crippen molar-refractivity contribution in [3.05, 3.63) is 64.3 Å². The maximum absolute atomic E-state index is 11.7. The number of rotatable bonds is 1. The number of hydrogen-bond donors (Lipinski definition) is 1. The predicted molar refractivity (Wildman–Crippen MR) is 77.7 cm³/mol. The van der Waals surface area contributed by atoms with E-state index in [4.69, 9.17) is 5.26 Å². The van der Waals surface area contributed by atoms with E-state index in [1.165, 1.54) is 0 Å². The fraction of sp³-hybridized carbons (Fsp3) is 0.118. The molecule has 4 nitrogen and oxygen atoms in total. The maximum Gasteiger partial charge on any atom is 0.257 e. The normalized spacial score (nSPS) is 19.3. The Balaban J connectivity index is 1.92. The van der Waals surface area contributed by atoms with E-state index in [0.717, 1.165) is 16.7 Å². The molecule has 2 amide bonds. The molecule has 1 fully saturated rings. The van der Waals surface area contributed by atoms with Crippen LogP contribution in [0.1, 0.15) is 24.0 Å². The molecular formula is C17H12N2O2. The van der Waals surface area contributed by atoms with Crippen LogP contribution in [0.15, 0.2) is 53.1 Å². The molecular weight excluding hydrogens is 264 g/mol. The second kappa shape index (κ2) is 5.22. The van der Waals surface area contributed by atoms with E-state index in [2.05, 4.69) is 11.4 Å². The average Bonchev–Trinajstić information content (AvgIpc) is 2.47. The van der Waals surface area contributed by atoms with Crippen molar-refractivity contribution in [3.8, 4) is 6.07 Å². The van der Waals surface area contributed by atoms with Gasteiger partial charge in [-0.3, -0.25) is 14.9 Å². The molecule has 0 aromatic heterocycles. The first-order chi connectivity index (χ1) is 10.2. The van der Waals surface area contributed by atoms with E-state index >= 15 is 0 Å². The molecule has 3 rings (SSSR count). The molecule has 1 saturated heterocycles. The third-order valence-corrected chi connectivity index (χ3v) is 3.46. The van der Waals surface area contributed by atoms with Crippen LogP contribution in [0.3, 0.4) is 0 Å². The summed E-state index contributed by atoms with van der Waals surface area (Å²) in [5.74, 6) is -0.584. The summed E-state index contributed by atoms with van der Waals surface area (Å²) in [7, 11) is 0. The van der Waals surface area contributed by atoms with Crippen molar-refractivity contribution in [2.45, 2.75) is 12.8 Å². The van der Waals surface area contributed by atoms with Gasteiger partial charge in [0, 0.05) is 5.57 Å². The fourth-order valence-corrected chi connectivity index (χ4v) is 2.52. The van der Waals surface area contributed by atoms with Gasteiger partial charge in [-0.2, -0.15) is 5.26 Å². The molecule has 0 saturated carbocycles. The number of piperidine rings is 1. The van der Waals surface area contributed by atoms with Gasteiger partial charge in [-0.25, -0.2) is 0 Å². The van der Waals surface area contributed by atoms with Crippen LogP contribution in [0.4, 0.5) is 0 Å². The highest BCUT2D eigenvalue weighted by Gasteiger charge is 2.26. The number of fused-ring (bicyclic) bond motifs is 1. The monoisotopic (exact) mass is 276 g/mol. The predicted octanol–water partition coefficient (Wildman–Crippen LogP) is 2.24. The van der Waals surface area contributed by atoms with Crippen LogP contribution in [-0.2, 0) is 9.59 Å².